The number of phenolic OH excluding ortho intramolecular Hbond substituents is 3. The second kappa shape index (κ2) is 5.11. The topological polar surface area (TPSA) is 168 Å². The number of aryl methyl sites for hydroxylation is 1. The van der Waals surface area contributed by atoms with Gasteiger partial charge in [0.15, 0.2) is 11.5 Å². The number of rotatable bonds is 1. The summed E-state index contributed by atoms with van der Waals surface area (Å²) in [4.78, 5) is 40.1. The number of carbonyl (C=O) groups is 2. The fourth-order valence-corrected chi connectivity index (χ4v) is 2.82. The molecule has 1 aromatic carbocycles. The van der Waals surface area contributed by atoms with Crippen molar-refractivity contribution in [1.82, 2.24) is 14.9 Å². The highest BCUT2D eigenvalue weighted by Crippen LogP contribution is 2.44. The molecule has 126 valence electrons. The van der Waals surface area contributed by atoms with Crippen LogP contribution in [0.2, 0.25) is 0 Å². The Kier molecular flexibility index (Phi) is 3.32. The molecular weight excluding hydrogens is 320 g/mol. The summed E-state index contributed by atoms with van der Waals surface area (Å²) >= 11 is 0. The Balaban J connectivity index is 2.34. The summed E-state index contributed by atoms with van der Waals surface area (Å²) in [5.74, 6) is -3.52. The van der Waals surface area contributed by atoms with Gasteiger partial charge in [-0.2, -0.15) is 0 Å². The molecule has 6 N–H and O–H groups in total. The molecule has 0 aliphatic carbocycles. The molecule has 0 radical (unpaired) electrons. The number of aromatic nitrogens is 2. The van der Waals surface area contributed by atoms with E-state index >= 15 is 0 Å². The van der Waals surface area contributed by atoms with Crippen molar-refractivity contribution in [3.8, 4) is 17.2 Å². The molecule has 2 aromatic rings. The Morgan fingerprint density at radius 3 is 2.46 bits per heavy atom. The van der Waals surface area contributed by atoms with Crippen LogP contribution in [0.25, 0.3) is 10.9 Å². The van der Waals surface area contributed by atoms with E-state index in [9.17, 15) is 29.7 Å². The maximum atomic E-state index is 12.8. The Labute approximate surface area is 134 Å². The highest BCUT2D eigenvalue weighted by molar-refractivity contribution is 6.01. The number of phenols is 3. The fourth-order valence-electron chi connectivity index (χ4n) is 2.82. The van der Waals surface area contributed by atoms with Gasteiger partial charge in [0.1, 0.15) is 17.4 Å². The number of imide groups is 1. The first-order chi connectivity index (χ1) is 11.2. The minimum Gasteiger partial charge on any atom is -0.503 e. The van der Waals surface area contributed by atoms with Crippen molar-refractivity contribution in [2.75, 3.05) is 5.73 Å². The summed E-state index contributed by atoms with van der Waals surface area (Å²) in [6, 6.07) is -0.968. The number of hydrogen-bond acceptors (Lipinski definition) is 8. The van der Waals surface area contributed by atoms with Crippen LogP contribution in [0.3, 0.4) is 0 Å². The largest absolute Gasteiger partial charge is 0.503 e. The third-order valence-electron chi connectivity index (χ3n) is 4.01. The van der Waals surface area contributed by atoms with E-state index in [-0.39, 0.29) is 29.6 Å². The summed E-state index contributed by atoms with van der Waals surface area (Å²) in [6.07, 6.45) is 0.163. The van der Waals surface area contributed by atoms with Crippen molar-refractivity contribution in [3.63, 3.8) is 0 Å². The van der Waals surface area contributed by atoms with E-state index in [4.69, 9.17) is 5.73 Å². The van der Waals surface area contributed by atoms with Gasteiger partial charge in [0, 0.05) is 6.42 Å². The number of piperidine rings is 1. The number of hydrogen-bond donors (Lipinski definition) is 5. The molecule has 1 saturated heterocycles. The van der Waals surface area contributed by atoms with Gasteiger partial charge in [-0.15, -0.1) is 0 Å². The van der Waals surface area contributed by atoms with Gasteiger partial charge in [0.2, 0.25) is 17.6 Å². The van der Waals surface area contributed by atoms with E-state index < -0.39 is 46.4 Å². The number of amides is 2. The Morgan fingerprint density at radius 2 is 1.83 bits per heavy atom. The lowest BCUT2D eigenvalue weighted by Crippen LogP contribution is -2.45. The van der Waals surface area contributed by atoms with E-state index in [2.05, 4.69) is 10.3 Å². The predicted molar refractivity (Wildman–Crippen MR) is 81.6 cm³/mol. The van der Waals surface area contributed by atoms with Crippen molar-refractivity contribution >= 4 is 28.4 Å². The van der Waals surface area contributed by atoms with Gasteiger partial charge in [-0.05, 0) is 13.3 Å². The molecule has 0 spiro atoms. The lowest BCUT2D eigenvalue weighted by molar-refractivity contribution is -0.135. The Morgan fingerprint density at radius 1 is 1.17 bits per heavy atom. The number of carbonyl (C=O) groups excluding carboxylic acids is 2. The van der Waals surface area contributed by atoms with Crippen molar-refractivity contribution in [2.24, 2.45) is 0 Å². The second-order valence-electron chi connectivity index (χ2n) is 5.48. The molecule has 10 heteroatoms. The molecule has 1 unspecified atom stereocenters. The Hall–Kier alpha value is -3.30. The molecule has 1 atom stereocenters. The summed E-state index contributed by atoms with van der Waals surface area (Å²) in [5.41, 5.74) is 4.15. The smallest absolute Gasteiger partial charge is 0.264 e. The quantitative estimate of drug-likeness (QED) is 0.199. The lowest BCUT2D eigenvalue weighted by atomic mass is 10.0. The number of nitrogens with zero attached hydrogens (tertiary/aromatic N) is 2. The fraction of sp³-hybridized carbons (Fsp3) is 0.286. The molecule has 24 heavy (non-hydrogen) atoms. The van der Waals surface area contributed by atoms with E-state index in [1.165, 1.54) is 6.92 Å². The van der Waals surface area contributed by atoms with Crippen molar-refractivity contribution in [1.29, 1.82) is 0 Å². The van der Waals surface area contributed by atoms with Crippen LogP contribution in [0.15, 0.2) is 4.79 Å². The van der Waals surface area contributed by atoms with Crippen LogP contribution in [-0.4, -0.2) is 36.7 Å². The van der Waals surface area contributed by atoms with Gasteiger partial charge in [-0.3, -0.25) is 24.3 Å². The maximum absolute atomic E-state index is 12.8. The number of nitrogens with one attached hydrogen (secondary N) is 1. The van der Waals surface area contributed by atoms with Crippen LogP contribution in [0, 0.1) is 6.92 Å². The maximum Gasteiger partial charge on any atom is 0.264 e. The molecule has 0 saturated carbocycles. The third-order valence-corrected chi connectivity index (χ3v) is 4.01. The van der Waals surface area contributed by atoms with Gasteiger partial charge < -0.3 is 21.1 Å². The summed E-state index contributed by atoms with van der Waals surface area (Å²) < 4.78 is 1.05. The third kappa shape index (κ3) is 2.03. The highest BCUT2D eigenvalue weighted by Gasteiger charge is 2.32. The minimum atomic E-state index is -0.968. The van der Waals surface area contributed by atoms with E-state index in [1.807, 2.05) is 0 Å². The SMILES string of the molecule is Cc1nc2c(O)c(O)c(O)c(N)c2c(=O)n1C1CCC(=O)NC1=O. The number of nitrogens with two attached hydrogens (primary N) is 1. The standard InChI is InChI=1S/C14H14N4O6/c1-4-16-9-7(8(15)10(20)12(22)11(9)21)14(24)18(4)5-2-3-6(19)17-13(5)23/h5,20-22H,2-3,15H2,1H3,(H,17,19,23). The van der Waals surface area contributed by atoms with Crippen LogP contribution in [-0.2, 0) is 9.59 Å². The van der Waals surface area contributed by atoms with Crippen molar-refractivity contribution in [3.05, 3.63) is 16.2 Å². The first-order valence-corrected chi connectivity index (χ1v) is 7.02. The monoisotopic (exact) mass is 334 g/mol. The van der Waals surface area contributed by atoms with Crippen LogP contribution in [0.1, 0.15) is 24.7 Å². The number of nitrogen functional groups attached to an aromatic ring is 1. The molecule has 1 aliphatic rings. The molecule has 10 nitrogen and oxygen atoms in total. The molecule has 0 bridgehead atoms. The zero-order valence-corrected chi connectivity index (χ0v) is 12.5. The number of benzene rings is 1. The average Bonchev–Trinajstić information content (AvgIpc) is 2.52. The predicted octanol–water partition coefficient (Wildman–Crippen LogP) is -0.618. The molecule has 3 rings (SSSR count). The zero-order chi connectivity index (χ0) is 17.8. The number of fused-ring (bicyclic) bond motifs is 1. The molecule has 2 amide bonds. The van der Waals surface area contributed by atoms with E-state index in [1.54, 1.807) is 0 Å². The number of anilines is 1. The van der Waals surface area contributed by atoms with E-state index in [0.717, 1.165) is 4.57 Å². The zero-order valence-electron chi connectivity index (χ0n) is 12.5. The van der Waals surface area contributed by atoms with Gasteiger partial charge in [-0.1, -0.05) is 0 Å². The van der Waals surface area contributed by atoms with Crippen LogP contribution in [0.4, 0.5) is 5.69 Å². The van der Waals surface area contributed by atoms with Gasteiger partial charge in [-0.25, -0.2) is 4.98 Å². The molecule has 2 heterocycles. The summed E-state index contributed by atoms with van der Waals surface area (Å²) in [5, 5.41) is 31.1. The van der Waals surface area contributed by atoms with E-state index in [0.29, 0.717) is 0 Å². The van der Waals surface area contributed by atoms with Crippen molar-refractivity contribution < 1.29 is 24.9 Å². The highest BCUT2D eigenvalue weighted by atomic mass is 16.3. The average molecular weight is 334 g/mol. The molecule has 1 fully saturated rings. The van der Waals surface area contributed by atoms with Gasteiger partial charge in [0.25, 0.3) is 5.56 Å². The van der Waals surface area contributed by atoms with Crippen LogP contribution >= 0.6 is 0 Å². The first-order valence-electron chi connectivity index (χ1n) is 7.02. The second-order valence-corrected chi connectivity index (χ2v) is 5.48. The summed E-state index contributed by atoms with van der Waals surface area (Å²) in [6.45, 7) is 1.43. The molecular formula is C14H14N4O6. The normalized spacial score (nSPS) is 18.0. The molecule has 1 aromatic heterocycles. The lowest BCUT2D eigenvalue weighted by Gasteiger charge is -2.24. The number of aromatic hydroxyl groups is 3. The minimum absolute atomic E-state index is 0.0574. The molecule has 1 aliphatic heterocycles. The van der Waals surface area contributed by atoms with Crippen molar-refractivity contribution in [2.45, 2.75) is 25.8 Å². The van der Waals surface area contributed by atoms with Gasteiger partial charge >= 0.3 is 0 Å². The first kappa shape index (κ1) is 15.6. The van der Waals surface area contributed by atoms with Crippen LogP contribution in [0.5, 0.6) is 17.2 Å². The van der Waals surface area contributed by atoms with Crippen LogP contribution < -0.4 is 16.6 Å². The summed E-state index contributed by atoms with van der Waals surface area (Å²) in [7, 11) is 0. The Bertz CT molecular complexity index is 964. The van der Waals surface area contributed by atoms with Gasteiger partial charge in [0.05, 0.1) is 11.1 Å².